The second kappa shape index (κ2) is 2.66. The topological polar surface area (TPSA) is 48.4 Å². The van der Waals surface area contributed by atoms with Gasteiger partial charge in [-0.05, 0) is 0 Å². The Morgan fingerprint density at radius 3 is 2.42 bits per heavy atom. The van der Waals surface area contributed by atoms with Crippen molar-refractivity contribution >= 4 is 5.82 Å². The van der Waals surface area contributed by atoms with Crippen molar-refractivity contribution in [1.82, 2.24) is 9.13 Å². The maximum absolute atomic E-state index is 11.2. The average Bonchev–Trinajstić information content (AvgIpc) is 2.08. The Balaban J connectivity index is 3.77. The second-order valence-electron chi connectivity index (χ2n) is 2.35. The van der Waals surface area contributed by atoms with Gasteiger partial charge in [0.25, 0.3) is 0 Å². The van der Waals surface area contributed by atoms with Crippen LogP contribution in [0.3, 0.4) is 0 Å². The molecular formula is C7H7N3O2. The van der Waals surface area contributed by atoms with Gasteiger partial charge in [0.1, 0.15) is 0 Å². The van der Waals surface area contributed by atoms with Gasteiger partial charge in [0.05, 0.1) is 7.05 Å². The van der Waals surface area contributed by atoms with Crippen LogP contribution in [-0.4, -0.2) is 9.13 Å². The summed E-state index contributed by atoms with van der Waals surface area (Å²) < 4.78 is 2.09. The average molecular weight is 165 g/mol. The molecule has 1 aromatic heterocycles. The summed E-state index contributed by atoms with van der Waals surface area (Å²) >= 11 is 0. The largest absolute Gasteiger partial charge is 0.402 e. The lowest BCUT2D eigenvalue weighted by atomic mass is 10.5. The summed E-state index contributed by atoms with van der Waals surface area (Å²) in [6, 6.07) is 1.13. The second-order valence-corrected chi connectivity index (χ2v) is 2.35. The van der Waals surface area contributed by atoms with Crippen molar-refractivity contribution in [2.24, 2.45) is 14.1 Å². The monoisotopic (exact) mass is 165 g/mol. The van der Waals surface area contributed by atoms with E-state index in [0.29, 0.717) is 0 Å². The Hall–Kier alpha value is -1.83. The van der Waals surface area contributed by atoms with E-state index in [0.717, 1.165) is 15.2 Å². The molecular weight excluding hydrogens is 158 g/mol. The van der Waals surface area contributed by atoms with Crippen molar-refractivity contribution in [1.29, 1.82) is 0 Å². The molecule has 1 aromatic rings. The Morgan fingerprint density at radius 2 is 1.92 bits per heavy atom. The van der Waals surface area contributed by atoms with Gasteiger partial charge in [0, 0.05) is 13.1 Å². The van der Waals surface area contributed by atoms with Crippen molar-refractivity contribution in [2.45, 2.75) is 0 Å². The highest BCUT2D eigenvalue weighted by Crippen LogP contribution is 2.01. The van der Waals surface area contributed by atoms with Gasteiger partial charge in [-0.2, -0.15) is 0 Å². The zero-order chi connectivity index (χ0) is 9.30. The zero-order valence-electron chi connectivity index (χ0n) is 6.74. The minimum absolute atomic E-state index is 0.0584. The lowest BCUT2D eigenvalue weighted by Gasteiger charge is -1.99. The zero-order valence-corrected chi connectivity index (χ0v) is 6.74. The molecule has 0 saturated heterocycles. The van der Waals surface area contributed by atoms with E-state index in [9.17, 15) is 9.59 Å². The van der Waals surface area contributed by atoms with Gasteiger partial charge in [-0.3, -0.25) is 4.79 Å². The van der Waals surface area contributed by atoms with E-state index in [-0.39, 0.29) is 5.82 Å². The molecule has 0 saturated carbocycles. The van der Waals surface area contributed by atoms with Crippen LogP contribution in [0, 0.1) is 6.57 Å². The fraction of sp³-hybridized carbons (Fsp3) is 0.286. The summed E-state index contributed by atoms with van der Waals surface area (Å²) in [4.78, 5) is 25.2. The van der Waals surface area contributed by atoms with Crippen molar-refractivity contribution in [2.75, 3.05) is 0 Å². The van der Waals surface area contributed by atoms with Crippen LogP contribution in [0.2, 0.25) is 0 Å². The molecule has 12 heavy (non-hydrogen) atoms. The number of rotatable bonds is 0. The molecule has 5 heteroatoms. The standard InChI is InChI=1S/C7H7N3O2/c1-8-5-4-6(11)10(3)7(12)9(5)2/h4H,2-3H3. The third-order valence-corrected chi connectivity index (χ3v) is 1.62. The molecule has 1 rings (SSSR count). The van der Waals surface area contributed by atoms with Crippen LogP contribution in [0.4, 0.5) is 5.82 Å². The predicted octanol–water partition coefficient (Wildman–Crippen LogP) is -0.365. The molecule has 0 aromatic carbocycles. The Morgan fingerprint density at radius 1 is 1.33 bits per heavy atom. The molecule has 0 aliphatic carbocycles. The van der Waals surface area contributed by atoms with E-state index in [1.54, 1.807) is 0 Å². The van der Waals surface area contributed by atoms with Gasteiger partial charge in [0.15, 0.2) is 0 Å². The molecule has 1 heterocycles. The summed E-state index contributed by atoms with van der Waals surface area (Å²) in [7, 11) is 2.83. The van der Waals surface area contributed by atoms with Crippen LogP contribution in [0.5, 0.6) is 0 Å². The van der Waals surface area contributed by atoms with Crippen LogP contribution < -0.4 is 11.2 Å². The molecule has 0 unspecified atom stereocenters. The molecule has 5 nitrogen and oxygen atoms in total. The maximum atomic E-state index is 11.2. The highest BCUT2D eigenvalue weighted by Gasteiger charge is 2.05. The van der Waals surface area contributed by atoms with Crippen LogP contribution in [0.25, 0.3) is 4.85 Å². The Kier molecular flexibility index (Phi) is 1.83. The van der Waals surface area contributed by atoms with Gasteiger partial charge < -0.3 is 4.85 Å². The number of aromatic nitrogens is 2. The lowest BCUT2D eigenvalue weighted by molar-refractivity contribution is 0.696. The van der Waals surface area contributed by atoms with Gasteiger partial charge in [-0.1, -0.05) is 6.57 Å². The molecule has 0 radical (unpaired) electrons. The predicted molar refractivity (Wildman–Crippen MR) is 43.2 cm³/mol. The smallest absolute Gasteiger partial charge is 0.364 e. The summed E-state index contributed by atoms with van der Waals surface area (Å²) in [5.74, 6) is 0.0584. The van der Waals surface area contributed by atoms with E-state index in [1.807, 2.05) is 0 Å². The first-order valence-corrected chi connectivity index (χ1v) is 3.22. The van der Waals surface area contributed by atoms with E-state index in [1.165, 1.54) is 14.1 Å². The van der Waals surface area contributed by atoms with Gasteiger partial charge in [-0.25, -0.2) is 13.9 Å². The molecule has 0 fully saturated rings. The molecule has 0 spiro atoms. The van der Waals surface area contributed by atoms with Gasteiger partial charge in [0.2, 0.25) is 11.4 Å². The fourth-order valence-electron chi connectivity index (χ4n) is 0.829. The van der Waals surface area contributed by atoms with Crippen LogP contribution >= 0.6 is 0 Å². The third-order valence-electron chi connectivity index (χ3n) is 1.62. The third kappa shape index (κ3) is 1.03. The normalized spacial score (nSPS) is 9.42. The molecule has 0 amide bonds. The lowest BCUT2D eigenvalue weighted by Crippen LogP contribution is -2.35. The van der Waals surface area contributed by atoms with Crippen molar-refractivity contribution in [3.63, 3.8) is 0 Å². The summed E-state index contributed by atoms with van der Waals surface area (Å²) in [5, 5.41) is 0. The minimum atomic E-state index is -0.478. The first kappa shape index (κ1) is 8.27. The summed E-state index contributed by atoms with van der Waals surface area (Å²) in [6.07, 6.45) is 0. The van der Waals surface area contributed by atoms with Gasteiger partial charge >= 0.3 is 5.69 Å². The van der Waals surface area contributed by atoms with Crippen LogP contribution in [0.1, 0.15) is 0 Å². The highest BCUT2D eigenvalue weighted by atomic mass is 16.2. The van der Waals surface area contributed by atoms with Crippen molar-refractivity contribution in [3.05, 3.63) is 38.3 Å². The molecule has 0 aliphatic rings. The van der Waals surface area contributed by atoms with Crippen LogP contribution in [-0.2, 0) is 14.1 Å². The highest BCUT2D eigenvalue weighted by molar-refractivity contribution is 5.34. The molecule has 62 valence electrons. The molecule has 0 atom stereocenters. The van der Waals surface area contributed by atoms with E-state index >= 15 is 0 Å². The maximum Gasteiger partial charge on any atom is 0.402 e. The van der Waals surface area contributed by atoms with E-state index < -0.39 is 11.2 Å². The molecule has 0 bridgehead atoms. The van der Waals surface area contributed by atoms with Crippen LogP contribution in [0.15, 0.2) is 15.7 Å². The molecule has 0 N–H and O–H groups in total. The van der Waals surface area contributed by atoms with E-state index in [2.05, 4.69) is 4.85 Å². The van der Waals surface area contributed by atoms with Crippen molar-refractivity contribution < 1.29 is 0 Å². The number of nitrogens with zero attached hydrogens (tertiary/aromatic N) is 3. The Bertz CT molecular complexity index is 461. The summed E-state index contributed by atoms with van der Waals surface area (Å²) in [6.45, 7) is 6.67. The number of hydrogen-bond acceptors (Lipinski definition) is 2. The Labute approximate surface area is 68.3 Å². The fourth-order valence-corrected chi connectivity index (χ4v) is 0.829. The first-order chi connectivity index (χ1) is 5.57. The van der Waals surface area contributed by atoms with Gasteiger partial charge in [-0.15, -0.1) is 0 Å². The van der Waals surface area contributed by atoms with Crippen molar-refractivity contribution in [3.8, 4) is 0 Å². The quantitative estimate of drug-likeness (QED) is 0.493. The minimum Gasteiger partial charge on any atom is -0.364 e. The SMILES string of the molecule is [C-]#[N+]c1cc(=O)n(C)c(=O)n1C. The number of hydrogen-bond donors (Lipinski definition) is 0. The van der Waals surface area contributed by atoms with E-state index in [4.69, 9.17) is 6.57 Å². The first-order valence-electron chi connectivity index (χ1n) is 3.22. The molecule has 0 aliphatic heterocycles. The summed E-state index contributed by atoms with van der Waals surface area (Å²) in [5.41, 5.74) is -0.933.